The van der Waals surface area contributed by atoms with Crippen molar-refractivity contribution >= 4 is 21.7 Å². The highest BCUT2D eigenvalue weighted by Crippen LogP contribution is 2.25. The van der Waals surface area contributed by atoms with E-state index in [1.54, 1.807) is 19.9 Å². The summed E-state index contributed by atoms with van der Waals surface area (Å²) in [7, 11) is -2.67. The maximum atomic E-state index is 13.1. The summed E-state index contributed by atoms with van der Waals surface area (Å²) >= 11 is 0. The van der Waals surface area contributed by atoms with Crippen molar-refractivity contribution in [2.24, 2.45) is 0 Å². The second-order valence-corrected chi connectivity index (χ2v) is 8.85. The second-order valence-electron chi connectivity index (χ2n) is 7.23. The van der Waals surface area contributed by atoms with E-state index in [1.807, 2.05) is 36.4 Å². The zero-order valence-corrected chi connectivity index (χ0v) is 19.0. The average molecular weight is 464 g/mol. The molecule has 0 spiro atoms. The third-order valence-electron chi connectivity index (χ3n) is 4.99. The van der Waals surface area contributed by atoms with E-state index in [4.69, 9.17) is 0 Å². The number of carbonyl (C=O) groups excluding carboxylic acids is 1. The van der Waals surface area contributed by atoms with Gasteiger partial charge in [0, 0.05) is 11.3 Å². The molecule has 0 bridgehead atoms. The van der Waals surface area contributed by atoms with Crippen LogP contribution in [0.2, 0.25) is 0 Å². The number of hydrogen-bond acceptors (Lipinski definition) is 7. The van der Waals surface area contributed by atoms with Gasteiger partial charge >= 0.3 is 5.97 Å². The van der Waals surface area contributed by atoms with E-state index < -0.39 is 16.0 Å². The number of esters is 1. The van der Waals surface area contributed by atoms with Crippen molar-refractivity contribution in [1.29, 1.82) is 0 Å². The van der Waals surface area contributed by atoms with Gasteiger partial charge in [-0.15, -0.1) is 10.2 Å². The van der Waals surface area contributed by atoms with Crippen LogP contribution in [0.4, 0.5) is 5.69 Å². The number of hydrogen-bond donors (Lipinski definition) is 1. The summed E-state index contributed by atoms with van der Waals surface area (Å²) in [6.07, 6.45) is 0. The molecule has 10 heteroatoms. The number of aromatic nitrogens is 4. The summed E-state index contributed by atoms with van der Waals surface area (Å²) in [4.78, 5) is 11.6. The maximum Gasteiger partial charge on any atom is 0.337 e. The Bertz CT molecular complexity index is 1400. The monoisotopic (exact) mass is 463 g/mol. The Morgan fingerprint density at radius 3 is 2.24 bits per heavy atom. The van der Waals surface area contributed by atoms with Crippen LogP contribution in [0, 0.1) is 13.8 Å². The van der Waals surface area contributed by atoms with Crippen LogP contribution < -0.4 is 4.72 Å². The van der Waals surface area contributed by atoms with Crippen LogP contribution in [0.15, 0.2) is 71.6 Å². The highest BCUT2D eigenvalue weighted by Gasteiger charge is 2.26. The lowest BCUT2D eigenvalue weighted by Crippen LogP contribution is -2.15. The van der Waals surface area contributed by atoms with Gasteiger partial charge in [-0.25, -0.2) is 17.9 Å². The molecule has 168 valence electrons. The van der Waals surface area contributed by atoms with Crippen molar-refractivity contribution < 1.29 is 17.9 Å². The van der Waals surface area contributed by atoms with Crippen molar-refractivity contribution in [3.05, 3.63) is 83.7 Å². The molecule has 0 saturated heterocycles. The Balaban J connectivity index is 1.62. The summed E-state index contributed by atoms with van der Waals surface area (Å²) in [5, 5.41) is 12.9. The SMILES string of the molecule is COC(=O)c1ccc(NS(=O)(=O)c2c(C)nn(-c3ccc(-c4ccccc4)nn3)c2C)cc1. The van der Waals surface area contributed by atoms with Gasteiger partial charge in [0.05, 0.1) is 29.8 Å². The molecular weight excluding hydrogens is 442 g/mol. The topological polar surface area (TPSA) is 116 Å². The Kier molecular flexibility index (Phi) is 5.93. The number of sulfonamides is 1. The largest absolute Gasteiger partial charge is 0.465 e. The van der Waals surface area contributed by atoms with Crippen molar-refractivity contribution in [2.45, 2.75) is 18.7 Å². The summed E-state index contributed by atoms with van der Waals surface area (Å²) in [6, 6.07) is 19.1. The van der Waals surface area contributed by atoms with Crippen LogP contribution in [0.1, 0.15) is 21.7 Å². The fraction of sp³-hybridized carbons (Fsp3) is 0.130. The van der Waals surface area contributed by atoms with Crippen LogP contribution >= 0.6 is 0 Å². The van der Waals surface area contributed by atoms with Gasteiger partial charge in [-0.1, -0.05) is 30.3 Å². The van der Waals surface area contributed by atoms with E-state index in [-0.39, 0.29) is 4.90 Å². The molecule has 0 amide bonds. The molecular formula is C23H21N5O4S. The van der Waals surface area contributed by atoms with Gasteiger partial charge in [-0.05, 0) is 50.2 Å². The highest BCUT2D eigenvalue weighted by molar-refractivity contribution is 7.92. The van der Waals surface area contributed by atoms with Gasteiger partial charge in [0.15, 0.2) is 5.82 Å². The van der Waals surface area contributed by atoms with Gasteiger partial charge in [0.25, 0.3) is 10.0 Å². The molecule has 2 aromatic carbocycles. The average Bonchev–Trinajstić information content (AvgIpc) is 3.14. The van der Waals surface area contributed by atoms with Crippen LogP contribution in [-0.2, 0) is 14.8 Å². The molecule has 33 heavy (non-hydrogen) atoms. The molecule has 0 aliphatic carbocycles. The van der Waals surface area contributed by atoms with E-state index in [0.717, 1.165) is 5.56 Å². The molecule has 4 aromatic rings. The molecule has 4 rings (SSSR count). The number of rotatable bonds is 6. The van der Waals surface area contributed by atoms with Crippen molar-refractivity contribution in [1.82, 2.24) is 20.0 Å². The first-order valence-electron chi connectivity index (χ1n) is 9.97. The summed E-state index contributed by atoms with van der Waals surface area (Å²) < 4.78 is 34.9. The third-order valence-corrected chi connectivity index (χ3v) is 6.62. The van der Waals surface area contributed by atoms with Gasteiger partial charge in [-0.2, -0.15) is 5.10 Å². The zero-order chi connectivity index (χ0) is 23.6. The summed E-state index contributed by atoms with van der Waals surface area (Å²) in [6.45, 7) is 3.27. The second kappa shape index (κ2) is 8.83. The van der Waals surface area contributed by atoms with Crippen molar-refractivity contribution in [2.75, 3.05) is 11.8 Å². The third kappa shape index (κ3) is 4.46. The van der Waals surface area contributed by atoms with Crippen LogP contribution in [0.5, 0.6) is 0 Å². The number of nitrogens with one attached hydrogen (secondary N) is 1. The quantitative estimate of drug-likeness (QED) is 0.435. The Morgan fingerprint density at radius 1 is 0.939 bits per heavy atom. The first-order chi connectivity index (χ1) is 15.8. The predicted octanol–water partition coefficient (Wildman–Crippen LogP) is 3.53. The molecule has 0 aliphatic rings. The van der Waals surface area contributed by atoms with Gasteiger partial charge in [0.1, 0.15) is 4.90 Å². The van der Waals surface area contributed by atoms with E-state index in [2.05, 4.69) is 24.8 Å². The first kappa shape index (κ1) is 22.2. The van der Waals surface area contributed by atoms with Gasteiger partial charge in [0.2, 0.25) is 0 Å². The molecule has 0 fully saturated rings. The number of nitrogens with zero attached hydrogens (tertiary/aromatic N) is 4. The van der Waals surface area contributed by atoms with Crippen molar-refractivity contribution in [3.8, 4) is 17.1 Å². The standard InChI is InChI=1S/C23H21N5O4S/c1-15-22(33(30,31)27-19-11-9-18(10-12-19)23(29)32-3)16(2)28(26-15)21-14-13-20(24-25-21)17-7-5-4-6-8-17/h4-14,27H,1-3H3. The van der Waals surface area contributed by atoms with Gasteiger partial charge < -0.3 is 4.74 Å². The molecule has 9 nitrogen and oxygen atoms in total. The number of carbonyl (C=O) groups is 1. The highest BCUT2D eigenvalue weighted by atomic mass is 32.2. The molecule has 0 atom stereocenters. The number of anilines is 1. The smallest absolute Gasteiger partial charge is 0.337 e. The van der Waals surface area contributed by atoms with Crippen LogP contribution in [0.25, 0.3) is 17.1 Å². The lowest BCUT2D eigenvalue weighted by molar-refractivity contribution is 0.0600. The van der Waals surface area contributed by atoms with E-state index in [1.165, 1.54) is 36.1 Å². The molecule has 2 heterocycles. The minimum atomic E-state index is -3.95. The molecule has 0 saturated carbocycles. The Morgan fingerprint density at radius 2 is 1.64 bits per heavy atom. The van der Waals surface area contributed by atoms with E-state index in [9.17, 15) is 13.2 Å². The lowest BCUT2D eigenvalue weighted by Gasteiger charge is -2.09. The minimum Gasteiger partial charge on any atom is -0.465 e. The maximum absolute atomic E-state index is 13.1. The number of methoxy groups -OCH3 is 1. The normalized spacial score (nSPS) is 11.2. The predicted molar refractivity (Wildman–Crippen MR) is 123 cm³/mol. The minimum absolute atomic E-state index is 0.0495. The van der Waals surface area contributed by atoms with Gasteiger partial charge in [-0.3, -0.25) is 4.72 Å². The molecule has 0 unspecified atom stereocenters. The van der Waals surface area contributed by atoms with Crippen molar-refractivity contribution in [3.63, 3.8) is 0 Å². The number of ether oxygens (including phenoxy) is 1. The number of benzene rings is 2. The fourth-order valence-corrected chi connectivity index (χ4v) is 4.89. The Hall–Kier alpha value is -4.05. The lowest BCUT2D eigenvalue weighted by atomic mass is 10.1. The molecule has 1 N–H and O–H groups in total. The zero-order valence-electron chi connectivity index (χ0n) is 18.2. The first-order valence-corrected chi connectivity index (χ1v) is 11.5. The Labute approximate surface area is 191 Å². The van der Waals surface area contributed by atoms with E-state index >= 15 is 0 Å². The van der Waals surface area contributed by atoms with Crippen LogP contribution in [-0.4, -0.2) is 41.5 Å². The summed E-state index contributed by atoms with van der Waals surface area (Å²) in [5.74, 6) is -0.101. The van der Waals surface area contributed by atoms with E-state index in [0.29, 0.717) is 34.2 Å². The summed E-state index contributed by atoms with van der Waals surface area (Å²) in [5.41, 5.74) is 2.97. The van der Waals surface area contributed by atoms with Crippen LogP contribution in [0.3, 0.4) is 0 Å². The number of aryl methyl sites for hydroxylation is 1. The molecule has 2 aromatic heterocycles. The molecule has 0 radical (unpaired) electrons. The fourth-order valence-electron chi connectivity index (χ4n) is 3.44. The molecule has 0 aliphatic heterocycles.